The molecule has 0 spiro atoms. The van der Waals surface area contributed by atoms with Gasteiger partial charge in [-0.05, 0) is 48.9 Å². The molecule has 1 unspecified atom stereocenters. The minimum absolute atomic E-state index is 0.142. The van der Waals surface area contributed by atoms with Crippen molar-refractivity contribution in [3.05, 3.63) is 40.9 Å². The lowest BCUT2D eigenvalue weighted by Crippen LogP contribution is -2.26. The Hall–Kier alpha value is -1.10. The lowest BCUT2D eigenvalue weighted by Gasteiger charge is -2.15. The number of halogens is 1. The molecular weight excluding hydrogens is 318 g/mol. The van der Waals surface area contributed by atoms with Gasteiger partial charge in [0, 0.05) is 16.7 Å². The SMILES string of the molecule is CC(C)OCC(O)CNc1ccc2cc(Br)ccc2c1. The maximum Gasteiger partial charge on any atom is 0.0945 e. The van der Waals surface area contributed by atoms with E-state index in [1.165, 1.54) is 10.8 Å². The predicted molar refractivity (Wildman–Crippen MR) is 87.2 cm³/mol. The number of hydrogen-bond donors (Lipinski definition) is 2. The van der Waals surface area contributed by atoms with Gasteiger partial charge in [-0.15, -0.1) is 0 Å². The quantitative estimate of drug-likeness (QED) is 0.842. The predicted octanol–water partition coefficient (Wildman–Crippen LogP) is 3.80. The number of nitrogens with one attached hydrogen (secondary N) is 1. The molecule has 4 heteroatoms. The second kappa shape index (κ2) is 7.07. The van der Waals surface area contributed by atoms with Crippen molar-refractivity contribution in [2.75, 3.05) is 18.5 Å². The third-order valence-corrected chi connectivity index (χ3v) is 3.46. The van der Waals surface area contributed by atoms with Gasteiger partial charge in [-0.1, -0.05) is 28.1 Å². The lowest BCUT2D eigenvalue weighted by molar-refractivity contribution is 0.0112. The highest BCUT2D eigenvalue weighted by molar-refractivity contribution is 9.10. The number of rotatable bonds is 6. The van der Waals surface area contributed by atoms with Gasteiger partial charge in [-0.3, -0.25) is 0 Å². The summed E-state index contributed by atoms with van der Waals surface area (Å²) in [5.41, 5.74) is 1.00. The Bertz CT molecular complexity index is 571. The number of hydrogen-bond acceptors (Lipinski definition) is 3. The first-order chi connectivity index (χ1) is 9.54. The van der Waals surface area contributed by atoms with Crippen LogP contribution in [0.2, 0.25) is 0 Å². The maximum atomic E-state index is 9.82. The Labute approximate surface area is 128 Å². The third-order valence-electron chi connectivity index (χ3n) is 2.97. The molecule has 0 saturated heterocycles. The Balaban J connectivity index is 1.94. The Morgan fingerprint density at radius 3 is 2.60 bits per heavy atom. The van der Waals surface area contributed by atoms with E-state index in [1.807, 2.05) is 26.0 Å². The molecule has 0 radical (unpaired) electrons. The summed E-state index contributed by atoms with van der Waals surface area (Å²) in [5, 5.41) is 15.4. The standard InChI is InChI=1S/C16H20BrNO2/c1-11(2)20-10-16(19)9-18-15-6-4-12-7-14(17)5-3-13(12)8-15/h3-8,11,16,18-19H,9-10H2,1-2H3. The van der Waals surface area contributed by atoms with Gasteiger partial charge in [0.25, 0.3) is 0 Å². The molecule has 108 valence electrons. The second-order valence-corrected chi connectivity index (χ2v) is 6.04. The smallest absolute Gasteiger partial charge is 0.0945 e. The van der Waals surface area contributed by atoms with Crippen molar-refractivity contribution in [3.8, 4) is 0 Å². The van der Waals surface area contributed by atoms with Crippen LogP contribution in [0.15, 0.2) is 40.9 Å². The highest BCUT2D eigenvalue weighted by Gasteiger charge is 2.06. The summed E-state index contributed by atoms with van der Waals surface area (Å²) in [6, 6.07) is 12.4. The molecule has 2 aromatic rings. The molecule has 0 aromatic heterocycles. The fourth-order valence-corrected chi connectivity index (χ4v) is 2.30. The van der Waals surface area contributed by atoms with Crippen LogP contribution < -0.4 is 5.32 Å². The molecular formula is C16H20BrNO2. The molecule has 2 rings (SSSR count). The zero-order chi connectivity index (χ0) is 14.5. The zero-order valence-corrected chi connectivity index (χ0v) is 13.4. The van der Waals surface area contributed by atoms with Gasteiger partial charge in [0.1, 0.15) is 0 Å². The number of ether oxygens (including phenoxy) is 1. The van der Waals surface area contributed by atoms with E-state index >= 15 is 0 Å². The highest BCUT2D eigenvalue weighted by atomic mass is 79.9. The molecule has 0 amide bonds. The first-order valence-electron chi connectivity index (χ1n) is 6.77. The van der Waals surface area contributed by atoms with Gasteiger partial charge in [0.2, 0.25) is 0 Å². The van der Waals surface area contributed by atoms with E-state index in [-0.39, 0.29) is 6.10 Å². The summed E-state index contributed by atoms with van der Waals surface area (Å²) in [7, 11) is 0. The second-order valence-electron chi connectivity index (χ2n) is 5.12. The Morgan fingerprint density at radius 1 is 1.15 bits per heavy atom. The van der Waals surface area contributed by atoms with Gasteiger partial charge in [-0.2, -0.15) is 0 Å². The average molecular weight is 338 g/mol. The summed E-state index contributed by atoms with van der Waals surface area (Å²) in [5.74, 6) is 0. The molecule has 1 atom stereocenters. The van der Waals surface area contributed by atoms with Crippen LogP contribution in [0, 0.1) is 0 Å². The van der Waals surface area contributed by atoms with Gasteiger partial charge in [0.05, 0.1) is 18.8 Å². The van der Waals surface area contributed by atoms with Crippen LogP contribution in [-0.4, -0.2) is 30.5 Å². The van der Waals surface area contributed by atoms with Crippen molar-refractivity contribution in [1.29, 1.82) is 0 Å². The maximum absolute atomic E-state index is 9.82. The number of aliphatic hydroxyl groups excluding tert-OH is 1. The van der Waals surface area contributed by atoms with E-state index in [9.17, 15) is 5.11 Å². The van der Waals surface area contributed by atoms with E-state index < -0.39 is 6.10 Å². The molecule has 0 saturated carbocycles. The topological polar surface area (TPSA) is 41.5 Å². The number of fused-ring (bicyclic) bond motifs is 1. The first kappa shape index (κ1) is 15.3. The molecule has 0 aliphatic carbocycles. The minimum Gasteiger partial charge on any atom is -0.389 e. The summed E-state index contributed by atoms with van der Waals surface area (Å²) in [6.07, 6.45) is -0.359. The highest BCUT2D eigenvalue weighted by Crippen LogP contribution is 2.22. The van der Waals surface area contributed by atoms with E-state index in [0.717, 1.165) is 10.2 Å². The van der Waals surface area contributed by atoms with E-state index in [1.54, 1.807) is 0 Å². The molecule has 20 heavy (non-hydrogen) atoms. The average Bonchev–Trinajstić information content (AvgIpc) is 2.42. The number of aliphatic hydroxyl groups is 1. The van der Waals surface area contributed by atoms with Crippen LogP contribution in [0.3, 0.4) is 0 Å². The summed E-state index contributed by atoms with van der Waals surface area (Å²) in [4.78, 5) is 0. The van der Waals surface area contributed by atoms with Crippen molar-refractivity contribution in [2.24, 2.45) is 0 Å². The van der Waals surface area contributed by atoms with Gasteiger partial charge >= 0.3 is 0 Å². The third kappa shape index (κ3) is 4.47. The zero-order valence-electron chi connectivity index (χ0n) is 11.8. The van der Waals surface area contributed by atoms with Crippen molar-refractivity contribution in [3.63, 3.8) is 0 Å². The molecule has 0 aliphatic rings. The van der Waals surface area contributed by atoms with Crippen LogP contribution in [0.1, 0.15) is 13.8 Å². The molecule has 0 heterocycles. The largest absolute Gasteiger partial charge is 0.389 e. The van der Waals surface area contributed by atoms with Crippen molar-refractivity contribution < 1.29 is 9.84 Å². The van der Waals surface area contributed by atoms with E-state index in [2.05, 4.69) is 45.5 Å². The van der Waals surface area contributed by atoms with Crippen molar-refractivity contribution in [1.82, 2.24) is 0 Å². The van der Waals surface area contributed by atoms with Crippen LogP contribution in [0.4, 0.5) is 5.69 Å². The monoisotopic (exact) mass is 337 g/mol. The molecule has 3 nitrogen and oxygen atoms in total. The molecule has 0 fully saturated rings. The lowest BCUT2D eigenvalue weighted by atomic mass is 10.1. The summed E-state index contributed by atoms with van der Waals surface area (Å²) >= 11 is 3.47. The van der Waals surface area contributed by atoms with Gasteiger partial charge in [0.15, 0.2) is 0 Å². The fraction of sp³-hybridized carbons (Fsp3) is 0.375. The summed E-state index contributed by atoms with van der Waals surface area (Å²) in [6.45, 7) is 4.75. The minimum atomic E-state index is -0.502. The molecule has 0 aliphatic heterocycles. The Morgan fingerprint density at radius 2 is 1.85 bits per heavy atom. The van der Waals surface area contributed by atoms with E-state index in [0.29, 0.717) is 13.2 Å². The molecule has 0 bridgehead atoms. The molecule has 2 aromatic carbocycles. The normalized spacial score (nSPS) is 12.8. The van der Waals surface area contributed by atoms with Gasteiger partial charge < -0.3 is 15.2 Å². The first-order valence-corrected chi connectivity index (χ1v) is 7.57. The fourth-order valence-electron chi connectivity index (χ4n) is 1.92. The van der Waals surface area contributed by atoms with Crippen molar-refractivity contribution in [2.45, 2.75) is 26.1 Å². The molecule has 2 N–H and O–H groups in total. The van der Waals surface area contributed by atoms with Gasteiger partial charge in [-0.25, -0.2) is 0 Å². The summed E-state index contributed by atoms with van der Waals surface area (Å²) < 4.78 is 6.46. The van der Waals surface area contributed by atoms with E-state index in [4.69, 9.17) is 4.74 Å². The van der Waals surface area contributed by atoms with Crippen LogP contribution in [-0.2, 0) is 4.74 Å². The Kier molecular flexibility index (Phi) is 5.40. The van der Waals surface area contributed by atoms with Crippen LogP contribution >= 0.6 is 15.9 Å². The van der Waals surface area contributed by atoms with Crippen LogP contribution in [0.5, 0.6) is 0 Å². The van der Waals surface area contributed by atoms with Crippen molar-refractivity contribution >= 4 is 32.4 Å². The number of benzene rings is 2. The van der Waals surface area contributed by atoms with Crippen LogP contribution in [0.25, 0.3) is 10.8 Å². The number of anilines is 1.